The number of benzene rings is 1. The molecule has 0 radical (unpaired) electrons. The molecule has 17 heavy (non-hydrogen) atoms. The number of methoxy groups -OCH3 is 1. The largest absolute Gasteiger partial charge is 0.481 e. The van der Waals surface area contributed by atoms with Gasteiger partial charge in [0.1, 0.15) is 0 Å². The molecule has 1 aromatic rings. The summed E-state index contributed by atoms with van der Waals surface area (Å²) in [6.07, 6.45) is 0. The van der Waals surface area contributed by atoms with Gasteiger partial charge in [-0.15, -0.1) is 0 Å². The van der Waals surface area contributed by atoms with Gasteiger partial charge in [0.25, 0.3) is 0 Å². The average Bonchev–Trinajstić information content (AvgIpc) is 2.28. The molecule has 1 atom stereocenters. The molecule has 0 spiro atoms. The fraction of sp³-hybridized carbons (Fsp3) is 0.364. The lowest BCUT2D eigenvalue weighted by atomic mass is 9.97. The SMILES string of the molecule is COCc1ccc(C(CN)C(=O)O)c(F)c1F. The van der Waals surface area contributed by atoms with Crippen molar-refractivity contribution in [3.8, 4) is 0 Å². The predicted molar refractivity (Wildman–Crippen MR) is 56.5 cm³/mol. The number of aliphatic carboxylic acids is 1. The van der Waals surface area contributed by atoms with Crippen LogP contribution in [-0.4, -0.2) is 24.7 Å². The van der Waals surface area contributed by atoms with E-state index in [1.807, 2.05) is 0 Å². The lowest BCUT2D eigenvalue weighted by Gasteiger charge is -2.13. The van der Waals surface area contributed by atoms with Crippen LogP contribution in [0.5, 0.6) is 0 Å². The molecule has 0 aliphatic rings. The van der Waals surface area contributed by atoms with E-state index in [0.717, 1.165) is 0 Å². The number of hydrogen-bond donors (Lipinski definition) is 2. The molecular weight excluding hydrogens is 232 g/mol. The number of carboxylic acids is 1. The van der Waals surface area contributed by atoms with Crippen LogP contribution in [0, 0.1) is 11.6 Å². The van der Waals surface area contributed by atoms with E-state index < -0.39 is 23.5 Å². The minimum absolute atomic E-state index is 0.0370. The van der Waals surface area contributed by atoms with E-state index in [-0.39, 0.29) is 24.3 Å². The molecule has 0 aromatic heterocycles. The predicted octanol–water partition coefficient (Wildman–Crippen LogP) is 1.24. The van der Waals surface area contributed by atoms with Crippen molar-refractivity contribution in [1.82, 2.24) is 0 Å². The molecule has 0 heterocycles. The van der Waals surface area contributed by atoms with Gasteiger partial charge >= 0.3 is 5.97 Å². The van der Waals surface area contributed by atoms with Crippen molar-refractivity contribution in [1.29, 1.82) is 0 Å². The smallest absolute Gasteiger partial charge is 0.312 e. The molecule has 0 saturated heterocycles. The fourth-order valence-corrected chi connectivity index (χ4v) is 1.50. The summed E-state index contributed by atoms with van der Waals surface area (Å²) in [5.74, 6) is -4.81. The topological polar surface area (TPSA) is 72.5 Å². The van der Waals surface area contributed by atoms with E-state index in [1.165, 1.54) is 19.2 Å². The van der Waals surface area contributed by atoms with Gasteiger partial charge in [-0.3, -0.25) is 4.79 Å². The lowest BCUT2D eigenvalue weighted by molar-refractivity contribution is -0.138. The van der Waals surface area contributed by atoms with Crippen molar-refractivity contribution >= 4 is 5.97 Å². The van der Waals surface area contributed by atoms with Crippen LogP contribution in [0.3, 0.4) is 0 Å². The van der Waals surface area contributed by atoms with Crippen LogP contribution in [0.25, 0.3) is 0 Å². The van der Waals surface area contributed by atoms with Gasteiger partial charge in [0.05, 0.1) is 12.5 Å². The molecule has 1 aromatic carbocycles. The number of carbonyl (C=O) groups is 1. The van der Waals surface area contributed by atoms with Gasteiger partial charge in [0, 0.05) is 24.8 Å². The highest BCUT2D eigenvalue weighted by molar-refractivity contribution is 5.76. The molecule has 1 rings (SSSR count). The Morgan fingerprint density at radius 2 is 2.12 bits per heavy atom. The second kappa shape index (κ2) is 5.70. The second-order valence-corrected chi connectivity index (χ2v) is 3.50. The zero-order valence-electron chi connectivity index (χ0n) is 9.24. The molecule has 94 valence electrons. The van der Waals surface area contributed by atoms with Crippen LogP contribution in [0.15, 0.2) is 12.1 Å². The third kappa shape index (κ3) is 2.78. The number of nitrogens with two attached hydrogens (primary N) is 1. The highest BCUT2D eigenvalue weighted by Gasteiger charge is 2.24. The van der Waals surface area contributed by atoms with Crippen LogP contribution in [0.2, 0.25) is 0 Å². The van der Waals surface area contributed by atoms with Gasteiger partial charge < -0.3 is 15.6 Å². The zero-order chi connectivity index (χ0) is 13.0. The van der Waals surface area contributed by atoms with Gasteiger partial charge in [-0.1, -0.05) is 12.1 Å². The van der Waals surface area contributed by atoms with Crippen LogP contribution in [0.4, 0.5) is 8.78 Å². The van der Waals surface area contributed by atoms with Crippen molar-refractivity contribution in [3.63, 3.8) is 0 Å². The van der Waals surface area contributed by atoms with Gasteiger partial charge in [0.15, 0.2) is 11.6 Å². The summed E-state index contributed by atoms with van der Waals surface area (Å²) in [5, 5.41) is 8.82. The Hall–Kier alpha value is -1.53. The first-order valence-electron chi connectivity index (χ1n) is 4.91. The molecule has 0 bridgehead atoms. The first-order chi connectivity index (χ1) is 8.02. The summed E-state index contributed by atoms with van der Waals surface area (Å²) in [5.41, 5.74) is 5.01. The maximum atomic E-state index is 13.6. The summed E-state index contributed by atoms with van der Waals surface area (Å²) >= 11 is 0. The average molecular weight is 245 g/mol. The highest BCUT2D eigenvalue weighted by Crippen LogP contribution is 2.23. The minimum atomic E-state index is -1.29. The van der Waals surface area contributed by atoms with E-state index in [2.05, 4.69) is 0 Å². The Balaban J connectivity index is 3.19. The molecule has 3 N–H and O–H groups in total. The fourth-order valence-electron chi connectivity index (χ4n) is 1.50. The van der Waals surface area contributed by atoms with E-state index >= 15 is 0 Å². The molecule has 0 fully saturated rings. The zero-order valence-corrected chi connectivity index (χ0v) is 9.24. The number of carboxylic acid groups (broad SMARTS) is 1. The van der Waals surface area contributed by atoms with Crippen LogP contribution < -0.4 is 5.73 Å². The van der Waals surface area contributed by atoms with Crippen molar-refractivity contribution < 1.29 is 23.4 Å². The number of hydrogen-bond acceptors (Lipinski definition) is 3. The lowest BCUT2D eigenvalue weighted by Crippen LogP contribution is -2.22. The quantitative estimate of drug-likeness (QED) is 0.818. The number of ether oxygens (including phenoxy) is 1. The summed E-state index contributed by atoms with van der Waals surface area (Å²) in [6, 6.07) is 2.52. The molecule has 0 amide bonds. The summed E-state index contributed by atoms with van der Waals surface area (Å²) in [6.45, 7) is -0.376. The van der Waals surface area contributed by atoms with Crippen LogP contribution >= 0.6 is 0 Å². The van der Waals surface area contributed by atoms with Gasteiger partial charge in [-0.25, -0.2) is 8.78 Å². The van der Waals surface area contributed by atoms with Crippen LogP contribution in [0.1, 0.15) is 17.0 Å². The third-order valence-electron chi connectivity index (χ3n) is 2.40. The number of rotatable bonds is 5. The van der Waals surface area contributed by atoms with Gasteiger partial charge in [-0.05, 0) is 0 Å². The second-order valence-electron chi connectivity index (χ2n) is 3.50. The van der Waals surface area contributed by atoms with E-state index in [9.17, 15) is 13.6 Å². The van der Waals surface area contributed by atoms with Crippen molar-refractivity contribution in [3.05, 3.63) is 34.9 Å². The minimum Gasteiger partial charge on any atom is -0.481 e. The first kappa shape index (κ1) is 13.5. The van der Waals surface area contributed by atoms with E-state index in [0.29, 0.717) is 0 Å². The molecule has 1 unspecified atom stereocenters. The highest BCUT2D eigenvalue weighted by atomic mass is 19.2. The maximum absolute atomic E-state index is 13.6. The van der Waals surface area contributed by atoms with Crippen molar-refractivity contribution in [2.45, 2.75) is 12.5 Å². The Morgan fingerprint density at radius 1 is 1.47 bits per heavy atom. The van der Waals surface area contributed by atoms with E-state index in [4.69, 9.17) is 15.6 Å². The molecule has 0 aliphatic heterocycles. The summed E-state index contributed by atoms with van der Waals surface area (Å²) in [7, 11) is 1.35. The van der Waals surface area contributed by atoms with Gasteiger partial charge in [-0.2, -0.15) is 0 Å². The maximum Gasteiger partial charge on any atom is 0.312 e. The summed E-state index contributed by atoms with van der Waals surface area (Å²) in [4.78, 5) is 10.8. The molecule has 0 saturated carbocycles. The third-order valence-corrected chi connectivity index (χ3v) is 2.40. The Morgan fingerprint density at radius 3 is 2.59 bits per heavy atom. The van der Waals surface area contributed by atoms with E-state index in [1.54, 1.807) is 0 Å². The summed E-state index contributed by atoms with van der Waals surface area (Å²) < 4.78 is 31.8. The Labute approximate surface area is 97.0 Å². The molecule has 0 aliphatic carbocycles. The van der Waals surface area contributed by atoms with Crippen molar-refractivity contribution in [2.24, 2.45) is 5.73 Å². The Bertz CT molecular complexity index is 423. The monoisotopic (exact) mass is 245 g/mol. The van der Waals surface area contributed by atoms with Gasteiger partial charge in [0.2, 0.25) is 0 Å². The van der Waals surface area contributed by atoms with Crippen LogP contribution in [-0.2, 0) is 16.1 Å². The molecular formula is C11H13F2NO3. The van der Waals surface area contributed by atoms with Crippen molar-refractivity contribution in [2.75, 3.05) is 13.7 Å². The standard InChI is InChI=1S/C11H13F2NO3/c1-17-5-6-2-3-7(10(13)9(6)12)8(4-14)11(15)16/h2-3,8H,4-5,14H2,1H3,(H,15,16). The normalized spacial score (nSPS) is 12.5. The number of halogens is 2. The first-order valence-corrected chi connectivity index (χ1v) is 4.91. The Kier molecular flexibility index (Phi) is 4.53. The molecule has 6 heteroatoms. The molecule has 4 nitrogen and oxygen atoms in total.